The Morgan fingerprint density at radius 2 is 2.08 bits per heavy atom. The second-order valence-corrected chi connectivity index (χ2v) is 2.69. The molecule has 12 heavy (non-hydrogen) atoms. The number of allylic oxidation sites excluding steroid dienone is 2. The van der Waals surface area contributed by atoms with Crippen LogP contribution in [0.4, 0.5) is 0 Å². The summed E-state index contributed by atoms with van der Waals surface area (Å²) < 4.78 is 10.3. The summed E-state index contributed by atoms with van der Waals surface area (Å²) in [6.45, 7) is 0.566. The molecule has 0 fully saturated rings. The van der Waals surface area contributed by atoms with Crippen molar-refractivity contribution >= 4 is 0 Å². The van der Waals surface area contributed by atoms with Crippen molar-refractivity contribution < 1.29 is 9.47 Å². The molecule has 0 saturated carbocycles. The summed E-state index contributed by atoms with van der Waals surface area (Å²) in [5.41, 5.74) is 6.71. The molecular weight excluding hydrogens is 154 g/mol. The van der Waals surface area contributed by atoms with E-state index in [1.54, 1.807) is 14.2 Å². The number of ether oxygens (including phenoxy) is 2. The minimum atomic E-state index is 0.566. The first-order chi connectivity index (χ1) is 5.81. The van der Waals surface area contributed by atoms with Gasteiger partial charge in [0.15, 0.2) is 0 Å². The SMILES string of the molecule is COC1=CC(OC)=C(CN)CC1. The Morgan fingerprint density at radius 3 is 2.58 bits per heavy atom. The van der Waals surface area contributed by atoms with Gasteiger partial charge in [-0.05, 0) is 12.0 Å². The maximum Gasteiger partial charge on any atom is 0.122 e. The van der Waals surface area contributed by atoms with Crippen molar-refractivity contribution in [1.82, 2.24) is 0 Å². The molecule has 1 aliphatic carbocycles. The van der Waals surface area contributed by atoms with Crippen LogP contribution in [0.25, 0.3) is 0 Å². The van der Waals surface area contributed by atoms with Crippen LogP contribution in [-0.4, -0.2) is 20.8 Å². The van der Waals surface area contributed by atoms with Crippen molar-refractivity contribution in [3.63, 3.8) is 0 Å². The Balaban J connectivity index is 2.81. The van der Waals surface area contributed by atoms with Crippen LogP contribution in [0, 0.1) is 0 Å². The van der Waals surface area contributed by atoms with E-state index >= 15 is 0 Å². The van der Waals surface area contributed by atoms with Gasteiger partial charge >= 0.3 is 0 Å². The van der Waals surface area contributed by atoms with E-state index in [1.807, 2.05) is 6.08 Å². The summed E-state index contributed by atoms with van der Waals surface area (Å²) in [5.74, 6) is 1.82. The van der Waals surface area contributed by atoms with Crippen molar-refractivity contribution in [2.75, 3.05) is 20.8 Å². The third kappa shape index (κ3) is 1.80. The van der Waals surface area contributed by atoms with Crippen LogP contribution >= 0.6 is 0 Å². The molecule has 0 atom stereocenters. The Kier molecular flexibility index (Phi) is 3.17. The second-order valence-electron chi connectivity index (χ2n) is 2.69. The average molecular weight is 169 g/mol. The largest absolute Gasteiger partial charge is 0.501 e. The third-order valence-corrected chi connectivity index (χ3v) is 2.04. The molecule has 0 radical (unpaired) electrons. The minimum absolute atomic E-state index is 0.566. The lowest BCUT2D eigenvalue weighted by atomic mass is 10.0. The van der Waals surface area contributed by atoms with Gasteiger partial charge in [-0.2, -0.15) is 0 Å². The molecular formula is C9H15NO2. The van der Waals surface area contributed by atoms with Gasteiger partial charge < -0.3 is 15.2 Å². The highest BCUT2D eigenvalue weighted by molar-refractivity contribution is 5.27. The maximum absolute atomic E-state index is 5.55. The minimum Gasteiger partial charge on any atom is -0.501 e. The molecule has 3 nitrogen and oxygen atoms in total. The molecule has 68 valence electrons. The molecule has 0 aliphatic heterocycles. The smallest absolute Gasteiger partial charge is 0.122 e. The summed E-state index contributed by atoms with van der Waals surface area (Å²) >= 11 is 0. The van der Waals surface area contributed by atoms with E-state index in [9.17, 15) is 0 Å². The van der Waals surface area contributed by atoms with Crippen molar-refractivity contribution in [1.29, 1.82) is 0 Å². The number of hydrogen-bond acceptors (Lipinski definition) is 3. The van der Waals surface area contributed by atoms with Crippen molar-refractivity contribution in [2.24, 2.45) is 5.73 Å². The van der Waals surface area contributed by atoms with E-state index in [-0.39, 0.29) is 0 Å². The highest BCUT2D eigenvalue weighted by Crippen LogP contribution is 2.23. The molecule has 0 aromatic rings. The normalized spacial score (nSPS) is 17.4. The van der Waals surface area contributed by atoms with E-state index < -0.39 is 0 Å². The molecule has 3 heteroatoms. The zero-order valence-electron chi connectivity index (χ0n) is 7.59. The molecule has 0 bridgehead atoms. The van der Waals surface area contributed by atoms with Gasteiger partial charge in [0.25, 0.3) is 0 Å². The Morgan fingerprint density at radius 1 is 1.33 bits per heavy atom. The van der Waals surface area contributed by atoms with Gasteiger partial charge in [0.2, 0.25) is 0 Å². The van der Waals surface area contributed by atoms with Crippen LogP contribution in [0.15, 0.2) is 23.2 Å². The van der Waals surface area contributed by atoms with Gasteiger partial charge in [-0.25, -0.2) is 0 Å². The average Bonchev–Trinajstić information content (AvgIpc) is 2.16. The maximum atomic E-state index is 5.55. The highest BCUT2D eigenvalue weighted by atomic mass is 16.5. The lowest BCUT2D eigenvalue weighted by molar-refractivity contribution is 0.254. The standard InChI is InChI=1S/C9H15NO2/c1-11-8-4-3-7(6-10)9(5-8)12-2/h5H,3-4,6,10H2,1-2H3. The van der Waals surface area contributed by atoms with E-state index in [2.05, 4.69) is 0 Å². The molecule has 1 aliphatic rings. The second kappa shape index (κ2) is 4.16. The molecule has 2 N–H and O–H groups in total. The zero-order chi connectivity index (χ0) is 8.97. The van der Waals surface area contributed by atoms with Gasteiger partial charge in [-0.3, -0.25) is 0 Å². The number of hydrogen-bond donors (Lipinski definition) is 1. The molecule has 0 saturated heterocycles. The fourth-order valence-electron chi connectivity index (χ4n) is 1.28. The molecule has 1 rings (SSSR count). The molecule has 0 amide bonds. The van der Waals surface area contributed by atoms with Crippen molar-refractivity contribution in [3.05, 3.63) is 23.2 Å². The van der Waals surface area contributed by atoms with E-state index in [0.29, 0.717) is 6.54 Å². The quantitative estimate of drug-likeness (QED) is 0.689. The topological polar surface area (TPSA) is 44.5 Å². The van der Waals surface area contributed by atoms with Crippen LogP contribution < -0.4 is 5.73 Å². The lowest BCUT2D eigenvalue weighted by Gasteiger charge is -2.17. The number of nitrogens with two attached hydrogens (primary N) is 1. The molecule has 0 spiro atoms. The summed E-state index contributed by atoms with van der Waals surface area (Å²) in [6, 6.07) is 0. The molecule has 0 heterocycles. The third-order valence-electron chi connectivity index (χ3n) is 2.04. The van der Waals surface area contributed by atoms with Gasteiger partial charge in [0.05, 0.1) is 20.0 Å². The first-order valence-electron chi connectivity index (χ1n) is 4.02. The van der Waals surface area contributed by atoms with E-state index in [0.717, 1.165) is 24.4 Å². The molecule has 0 aromatic carbocycles. The summed E-state index contributed by atoms with van der Waals surface area (Å²) in [5, 5.41) is 0. The van der Waals surface area contributed by atoms with Gasteiger partial charge in [-0.1, -0.05) is 0 Å². The molecule has 0 aromatic heterocycles. The Labute approximate surface area is 72.8 Å². The highest BCUT2D eigenvalue weighted by Gasteiger charge is 2.12. The first-order valence-corrected chi connectivity index (χ1v) is 4.02. The summed E-state index contributed by atoms with van der Waals surface area (Å²) in [7, 11) is 3.33. The summed E-state index contributed by atoms with van der Waals surface area (Å²) in [6.07, 6.45) is 3.78. The van der Waals surface area contributed by atoms with Gasteiger partial charge in [-0.15, -0.1) is 0 Å². The predicted octanol–water partition coefficient (Wildman–Crippen LogP) is 1.17. The van der Waals surface area contributed by atoms with Crippen LogP contribution in [0.2, 0.25) is 0 Å². The van der Waals surface area contributed by atoms with Gasteiger partial charge in [0.1, 0.15) is 5.76 Å². The van der Waals surface area contributed by atoms with E-state index in [1.165, 1.54) is 5.57 Å². The monoisotopic (exact) mass is 169 g/mol. The predicted molar refractivity (Wildman–Crippen MR) is 47.4 cm³/mol. The fourth-order valence-corrected chi connectivity index (χ4v) is 1.28. The van der Waals surface area contributed by atoms with E-state index in [4.69, 9.17) is 15.2 Å². The van der Waals surface area contributed by atoms with Crippen LogP contribution in [0.1, 0.15) is 12.8 Å². The van der Waals surface area contributed by atoms with Gasteiger partial charge in [0, 0.05) is 19.0 Å². The Bertz CT molecular complexity index is 219. The zero-order valence-corrected chi connectivity index (χ0v) is 7.59. The summed E-state index contributed by atoms with van der Waals surface area (Å²) in [4.78, 5) is 0. The van der Waals surface area contributed by atoms with Crippen molar-refractivity contribution in [3.8, 4) is 0 Å². The van der Waals surface area contributed by atoms with Crippen LogP contribution in [-0.2, 0) is 9.47 Å². The fraction of sp³-hybridized carbons (Fsp3) is 0.556. The van der Waals surface area contributed by atoms with Crippen molar-refractivity contribution in [2.45, 2.75) is 12.8 Å². The number of rotatable bonds is 3. The molecule has 0 unspecified atom stereocenters. The first kappa shape index (κ1) is 9.13. The number of methoxy groups -OCH3 is 2. The Hall–Kier alpha value is -0.960. The lowest BCUT2D eigenvalue weighted by Crippen LogP contribution is -2.10. The van der Waals surface area contributed by atoms with Crippen LogP contribution in [0.5, 0.6) is 0 Å². The van der Waals surface area contributed by atoms with Crippen LogP contribution in [0.3, 0.4) is 0 Å².